The van der Waals surface area contributed by atoms with E-state index in [1.54, 1.807) is 0 Å². The quantitative estimate of drug-likeness (QED) is 0.597. The lowest BCUT2D eigenvalue weighted by molar-refractivity contribution is 0.862. The van der Waals surface area contributed by atoms with Crippen LogP contribution in [0, 0.1) is 0 Å². The predicted molar refractivity (Wildman–Crippen MR) is 51.8 cm³/mol. The van der Waals surface area contributed by atoms with Crippen molar-refractivity contribution in [1.82, 2.24) is 0 Å². The molecule has 1 nitrogen and oxygen atoms in total. The Kier molecular flexibility index (Phi) is 1.72. The fraction of sp³-hybridized carbons (Fsp3) is 0.364. The molecular formula is C11H13N. The van der Waals surface area contributed by atoms with Crippen molar-refractivity contribution in [1.29, 1.82) is 0 Å². The van der Waals surface area contributed by atoms with Gasteiger partial charge in [-0.3, -0.25) is 4.99 Å². The first kappa shape index (κ1) is 7.53. The number of nitrogens with zero attached hydrogens (tertiary/aromatic N) is 1. The number of fused-ring (bicyclic) bond motifs is 1. The number of benzene rings is 1. The van der Waals surface area contributed by atoms with Crippen LogP contribution in [0.5, 0.6) is 0 Å². The molecule has 0 atom stereocenters. The van der Waals surface area contributed by atoms with E-state index >= 15 is 0 Å². The largest absolute Gasteiger partial charge is 0.288 e. The molecule has 1 aromatic rings. The number of aliphatic imine (C=N–C) groups is 1. The minimum atomic E-state index is 0.601. The maximum absolute atomic E-state index is 4.27. The smallest absolute Gasteiger partial charge is 0.0646 e. The van der Waals surface area contributed by atoms with Gasteiger partial charge in [-0.15, -0.1) is 0 Å². The summed E-state index contributed by atoms with van der Waals surface area (Å²) in [6, 6.07) is 6.48. The molecule has 0 saturated carbocycles. The maximum Gasteiger partial charge on any atom is 0.0646 e. The van der Waals surface area contributed by atoms with Crippen LogP contribution in [0.4, 0.5) is 0 Å². The summed E-state index contributed by atoms with van der Waals surface area (Å²) in [5.41, 5.74) is 4.16. The van der Waals surface area contributed by atoms with Crippen molar-refractivity contribution in [2.24, 2.45) is 4.99 Å². The molecule has 12 heavy (non-hydrogen) atoms. The lowest BCUT2D eigenvalue weighted by atomic mass is 9.95. The molecule has 0 bridgehead atoms. The Hall–Kier alpha value is -1.11. The zero-order chi connectivity index (χ0) is 8.55. The van der Waals surface area contributed by atoms with Crippen molar-refractivity contribution in [3.8, 4) is 0 Å². The fourth-order valence-electron chi connectivity index (χ4n) is 1.67. The van der Waals surface area contributed by atoms with E-state index in [0.717, 1.165) is 6.54 Å². The van der Waals surface area contributed by atoms with Crippen molar-refractivity contribution in [3.63, 3.8) is 0 Å². The van der Waals surface area contributed by atoms with Gasteiger partial charge in [0.05, 0.1) is 6.54 Å². The van der Waals surface area contributed by atoms with Crippen molar-refractivity contribution < 1.29 is 0 Å². The van der Waals surface area contributed by atoms with Crippen LogP contribution in [-0.4, -0.2) is 6.21 Å². The molecular weight excluding hydrogens is 146 g/mol. The molecule has 1 heteroatoms. The van der Waals surface area contributed by atoms with Gasteiger partial charge >= 0.3 is 0 Å². The lowest BCUT2D eigenvalue weighted by Crippen LogP contribution is -1.95. The molecule has 62 valence electrons. The van der Waals surface area contributed by atoms with Gasteiger partial charge in [0.15, 0.2) is 0 Å². The number of rotatable bonds is 1. The maximum atomic E-state index is 4.27. The average Bonchev–Trinajstić information content (AvgIpc) is 2.49. The molecule has 2 rings (SSSR count). The predicted octanol–water partition coefficient (Wildman–Crippen LogP) is 2.74. The van der Waals surface area contributed by atoms with Gasteiger partial charge in [-0.05, 0) is 17.0 Å². The molecule has 0 aliphatic carbocycles. The summed E-state index contributed by atoms with van der Waals surface area (Å²) in [6.07, 6.45) is 2.00. The Bertz CT molecular complexity index is 324. The molecule has 0 radical (unpaired) electrons. The summed E-state index contributed by atoms with van der Waals surface area (Å²) < 4.78 is 0. The molecule has 0 amide bonds. The summed E-state index contributed by atoms with van der Waals surface area (Å²) in [5, 5.41) is 0. The second-order valence-electron chi connectivity index (χ2n) is 3.54. The van der Waals surface area contributed by atoms with Gasteiger partial charge in [-0.25, -0.2) is 0 Å². The first-order valence-electron chi connectivity index (χ1n) is 4.40. The zero-order valence-electron chi connectivity index (χ0n) is 7.54. The molecule has 1 aromatic carbocycles. The van der Waals surface area contributed by atoms with Crippen LogP contribution in [0.2, 0.25) is 0 Å². The highest BCUT2D eigenvalue weighted by Crippen LogP contribution is 2.24. The average molecular weight is 159 g/mol. The van der Waals surface area contributed by atoms with E-state index in [1.807, 2.05) is 6.21 Å². The molecule has 1 aliphatic heterocycles. The summed E-state index contributed by atoms with van der Waals surface area (Å²) >= 11 is 0. The van der Waals surface area contributed by atoms with Gasteiger partial charge in [0.25, 0.3) is 0 Å². The van der Waals surface area contributed by atoms with Crippen molar-refractivity contribution in [2.75, 3.05) is 0 Å². The summed E-state index contributed by atoms with van der Waals surface area (Å²) in [4.78, 5) is 4.27. The Balaban J connectivity index is 2.56. The van der Waals surface area contributed by atoms with E-state index in [2.05, 4.69) is 37.0 Å². The van der Waals surface area contributed by atoms with Gasteiger partial charge in [0, 0.05) is 11.8 Å². The van der Waals surface area contributed by atoms with E-state index < -0.39 is 0 Å². The SMILES string of the molecule is CC(C)c1cccc2c1C=NC2. The van der Waals surface area contributed by atoms with Gasteiger partial charge in [0.2, 0.25) is 0 Å². The first-order valence-corrected chi connectivity index (χ1v) is 4.40. The minimum Gasteiger partial charge on any atom is -0.288 e. The van der Waals surface area contributed by atoms with E-state index in [0.29, 0.717) is 5.92 Å². The van der Waals surface area contributed by atoms with Crippen molar-refractivity contribution >= 4 is 6.21 Å². The Morgan fingerprint density at radius 3 is 2.92 bits per heavy atom. The third kappa shape index (κ3) is 1.06. The second kappa shape index (κ2) is 2.74. The monoisotopic (exact) mass is 159 g/mol. The van der Waals surface area contributed by atoms with Crippen molar-refractivity contribution in [2.45, 2.75) is 26.3 Å². The summed E-state index contributed by atoms with van der Waals surface area (Å²) in [6.45, 7) is 5.32. The second-order valence-corrected chi connectivity index (χ2v) is 3.54. The van der Waals surface area contributed by atoms with E-state index in [9.17, 15) is 0 Å². The van der Waals surface area contributed by atoms with E-state index in [-0.39, 0.29) is 0 Å². The normalized spacial score (nSPS) is 13.9. The molecule has 0 fully saturated rings. The van der Waals surface area contributed by atoms with Gasteiger partial charge in [-0.2, -0.15) is 0 Å². The Labute approximate surface area is 73.1 Å². The molecule has 0 spiro atoms. The van der Waals surface area contributed by atoms with Gasteiger partial charge in [-0.1, -0.05) is 32.0 Å². The summed E-state index contributed by atoms with van der Waals surface area (Å²) in [5.74, 6) is 0.601. The van der Waals surface area contributed by atoms with E-state index in [1.165, 1.54) is 16.7 Å². The molecule has 1 aliphatic rings. The Morgan fingerprint density at radius 1 is 1.33 bits per heavy atom. The van der Waals surface area contributed by atoms with Crippen LogP contribution in [0.25, 0.3) is 0 Å². The molecule has 0 unspecified atom stereocenters. The topological polar surface area (TPSA) is 12.4 Å². The third-order valence-electron chi connectivity index (χ3n) is 2.33. The first-order chi connectivity index (χ1) is 5.79. The molecule has 0 saturated heterocycles. The number of hydrogen-bond donors (Lipinski definition) is 0. The van der Waals surface area contributed by atoms with Crippen LogP contribution in [0.3, 0.4) is 0 Å². The highest BCUT2D eigenvalue weighted by molar-refractivity contribution is 5.86. The van der Waals surface area contributed by atoms with Gasteiger partial charge < -0.3 is 0 Å². The van der Waals surface area contributed by atoms with E-state index in [4.69, 9.17) is 0 Å². The summed E-state index contributed by atoms with van der Waals surface area (Å²) in [7, 11) is 0. The molecule has 0 N–H and O–H groups in total. The zero-order valence-corrected chi connectivity index (χ0v) is 7.54. The highest BCUT2D eigenvalue weighted by atomic mass is 14.7. The lowest BCUT2D eigenvalue weighted by Gasteiger charge is -2.09. The Morgan fingerprint density at radius 2 is 2.17 bits per heavy atom. The molecule has 0 aromatic heterocycles. The van der Waals surface area contributed by atoms with Crippen LogP contribution >= 0.6 is 0 Å². The molecule has 1 heterocycles. The van der Waals surface area contributed by atoms with Crippen LogP contribution in [-0.2, 0) is 6.54 Å². The number of hydrogen-bond acceptors (Lipinski definition) is 1. The third-order valence-corrected chi connectivity index (χ3v) is 2.33. The van der Waals surface area contributed by atoms with Gasteiger partial charge in [0.1, 0.15) is 0 Å². The minimum absolute atomic E-state index is 0.601. The van der Waals surface area contributed by atoms with Crippen LogP contribution in [0.1, 0.15) is 36.5 Å². The highest BCUT2D eigenvalue weighted by Gasteiger charge is 2.11. The fourth-order valence-corrected chi connectivity index (χ4v) is 1.67. The van der Waals surface area contributed by atoms with Crippen LogP contribution < -0.4 is 0 Å². The standard InChI is InChI=1S/C11H13N/c1-8(2)10-5-3-4-9-6-12-7-11(9)10/h3-5,7-8H,6H2,1-2H3. The van der Waals surface area contributed by atoms with Crippen LogP contribution in [0.15, 0.2) is 23.2 Å². The van der Waals surface area contributed by atoms with Crippen molar-refractivity contribution in [3.05, 3.63) is 34.9 Å².